The fourth-order valence-electron chi connectivity index (χ4n) is 2.97. The lowest BCUT2D eigenvalue weighted by atomic mass is 10.1. The first kappa shape index (κ1) is 17.9. The van der Waals surface area contributed by atoms with Crippen molar-refractivity contribution in [2.75, 3.05) is 11.9 Å². The molecule has 0 saturated carbocycles. The molecule has 0 bridgehead atoms. The normalized spacial score (nSPS) is 22.0. The van der Waals surface area contributed by atoms with Gasteiger partial charge in [-0.2, -0.15) is 4.98 Å². The zero-order valence-corrected chi connectivity index (χ0v) is 14.3. The minimum Gasteiger partial charge on any atom is -0.394 e. The Morgan fingerprint density at radius 3 is 2.92 bits per heavy atom. The van der Waals surface area contributed by atoms with Gasteiger partial charge in [0.1, 0.15) is 12.0 Å². The second-order valence-electron chi connectivity index (χ2n) is 6.12. The highest BCUT2D eigenvalue weighted by Crippen LogP contribution is 2.30. The van der Waals surface area contributed by atoms with Crippen molar-refractivity contribution in [3.63, 3.8) is 0 Å². The lowest BCUT2D eigenvalue weighted by Gasteiger charge is -2.17. The summed E-state index contributed by atoms with van der Waals surface area (Å²) in [5.74, 6) is 0.512. The van der Waals surface area contributed by atoms with Gasteiger partial charge in [0.2, 0.25) is 0 Å². The summed E-state index contributed by atoms with van der Waals surface area (Å²) in [7, 11) is 0. The number of aliphatic hydroxyl groups excluding tert-OH is 1. The summed E-state index contributed by atoms with van der Waals surface area (Å²) in [4.78, 5) is 19.3. The second kappa shape index (κ2) is 8.01. The van der Waals surface area contributed by atoms with Crippen molar-refractivity contribution >= 4 is 5.82 Å². The van der Waals surface area contributed by atoms with E-state index in [0.717, 1.165) is 11.1 Å². The predicted octanol–water partition coefficient (Wildman–Crippen LogP) is 2.12. The Morgan fingerprint density at radius 1 is 1.46 bits per heavy atom. The van der Waals surface area contributed by atoms with Crippen molar-refractivity contribution < 1.29 is 9.84 Å². The number of aliphatic hydroxyl groups is 1. The molecule has 2 N–H and O–H groups in total. The summed E-state index contributed by atoms with van der Waals surface area (Å²) in [6.07, 6.45) is 0.733. The maximum atomic E-state index is 12.4. The smallest absolute Gasteiger partial charge is 0.351 e. The molecule has 2 aromatic rings. The third-order valence-electron chi connectivity index (χ3n) is 4.33. The molecule has 1 saturated heterocycles. The van der Waals surface area contributed by atoms with Gasteiger partial charge in [-0.1, -0.05) is 35.4 Å². The standard InChI is InChI=1S/C17H20N6O3/c1-11-9-23(15-7-13(21-22-18)14(10-24)26-15)17(25)20-16(11)19-8-12-5-3-2-4-6-12/h2-6,9,13-15,24H,7-8,10H2,1H3,(H,19,20,25). The summed E-state index contributed by atoms with van der Waals surface area (Å²) in [6, 6.07) is 9.30. The highest BCUT2D eigenvalue weighted by atomic mass is 16.5. The van der Waals surface area contributed by atoms with Crippen molar-refractivity contribution in [2.24, 2.45) is 5.11 Å². The number of hydrogen-bond acceptors (Lipinski definition) is 6. The van der Waals surface area contributed by atoms with Crippen LogP contribution in [0.25, 0.3) is 10.4 Å². The Balaban J connectivity index is 1.77. The average molecular weight is 356 g/mol. The molecule has 136 valence electrons. The van der Waals surface area contributed by atoms with Gasteiger partial charge >= 0.3 is 5.69 Å². The summed E-state index contributed by atoms with van der Waals surface area (Å²) < 4.78 is 7.03. The van der Waals surface area contributed by atoms with E-state index in [4.69, 9.17) is 10.3 Å². The third kappa shape index (κ3) is 3.85. The summed E-state index contributed by atoms with van der Waals surface area (Å²) in [6.45, 7) is 2.13. The largest absolute Gasteiger partial charge is 0.394 e. The lowest BCUT2D eigenvalue weighted by molar-refractivity contribution is -0.0270. The summed E-state index contributed by atoms with van der Waals surface area (Å²) in [5.41, 5.74) is 10.0. The molecule has 0 spiro atoms. The number of rotatable bonds is 6. The number of nitrogens with one attached hydrogen (secondary N) is 1. The molecule has 9 nitrogen and oxygen atoms in total. The molecule has 2 heterocycles. The number of anilines is 1. The molecule has 9 heteroatoms. The van der Waals surface area contributed by atoms with E-state index < -0.39 is 24.1 Å². The van der Waals surface area contributed by atoms with Crippen molar-refractivity contribution in [3.8, 4) is 0 Å². The molecule has 1 aliphatic heterocycles. The minimum absolute atomic E-state index is 0.280. The monoisotopic (exact) mass is 356 g/mol. The highest BCUT2D eigenvalue weighted by molar-refractivity contribution is 5.42. The third-order valence-corrected chi connectivity index (χ3v) is 4.33. The molecule has 3 rings (SSSR count). The van der Waals surface area contributed by atoms with E-state index in [1.165, 1.54) is 4.57 Å². The fraction of sp³-hybridized carbons (Fsp3) is 0.412. The van der Waals surface area contributed by atoms with Gasteiger partial charge < -0.3 is 15.2 Å². The first-order chi connectivity index (χ1) is 12.6. The molecule has 26 heavy (non-hydrogen) atoms. The first-order valence-electron chi connectivity index (χ1n) is 8.30. The molecule has 0 radical (unpaired) electrons. The van der Waals surface area contributed by atoms with Gasteiger partial charge in [-0.3, -0.25) is 4.57 Å². The Labute approximate surface area is 149 Å². The Kier molecular flexibility index (Phi) is 5.52. The zero-order valence-electron chi connectivity index (χ0n) is 14.3. The Bertz CT molecular complexity index is 863. The molecule has 1 fully saturated rings. The molecule has 0 aliphatic carbocycles. The zero-order chi connectivity index (χ0) is 18.5. The van der Waals surface area contributed by atoms with Crippen LogP contribution in [0.1, 0.15) is 23.8 Å². The van der Waals surface area contributed by atoms with Gasteiger partial charge in [0.05, 0.1) is 18.8 Å². The van der Waals surface area contributed by atoms with Crippen molar-refractivity contribution in [2.45, 2.75) is 38.3 Å². The second-order valence-corrected chi connectivity index (χ2v) is 6.12. The number of benzene rings is 1. The molecule has 1 aliphatic rings. The first-order valence-corrected chi connectivity index (χ1v) is 8.30. The van der Waals surface area contributed by atoms with Gasteiger partial charge in [-0.05, 0) is 18.0 Å². The van der Waals surface area contributed by atoms with Crippen LogP contribution in [-0.2, 0) is 11.3 Å². The number of nitrogens with zero attached hydrogens (tertiary/aromatic N) is 5. The van der Waals surface area contributed by atoms with Crippen molar-refractivity contribution in [1.82, 2.24) is 9.55 Å². The number of hydrogen-bond donors (Lipinski definition) is 2. The average Bonchev–Trinajstić information content (AvgIpc) is 3.06. The van der Waals surface area contributed by atoms with E-state index in [0.29, 0.717) is 18.8 Å². The number of aromatic nitrogens is 2. The maximum Gasteiger partial charge on any atom is 0.351 e. The van der Waals surface area contributed by atoms with Crippen LogP contribution in [0, 0.1) is 6.92 Å². The van der Waals surface area contributed by atoms with Crippen LogP contribution in [0.2, 0.25) is 0 Å². The van der Waals surface area contributed by atoms with Gasteiger partial charge in [-0.25, -0.2) is 4.79 Å². The van der Waals surface area contributed by atoms with Gasteiger partial charge in [0.15, 0.2) is 0 Å². The van der Waals surface area contributed by atoms with Gasteiger partial charge in [0, 0.05) is 29.6 Å². The van der Waals surface area contributed by atoms with Gasteiger partial charge in [-0.15, -0.1) is 0 Å². The quantitative estimate of drug-likeness (QED) is 0.466. The van der Waals surface area contributed by atoms with E-state index in [2.05, 4.69) is 20.3 Å². The number of ether oxygens (including phenoxy) is 1. The minimum atomic E-state index is -0.626. The van der Waals surface area contributed by atoms with Crippen molar-refractivity contribution in [1.29, 1.82) is 0 Å². The SMILES string of the molecule is Cc1cn(C2CC(N=[N+]=[N-])C(CO)O2)c(=O)nc1NCc1ccccc1. The van der Waals surface area contributed by atoms with Crippen LogP contribution >= 0.6 is 0 Å². The van der Waals surface area contributed by atoms with Crippen LogP contribution in [-0.4, -0.2) is 33.4 Å². The molecule has 3 atom stereocenters. The van der Waals surface area contributed by atoms with Crippen molar-refractivity contribution in [3.05, 3.63) is 68.6 Å². The molecular formula is C17H20N6O3. The molecule has 1 aromatic carbocycles. The Morgan fingerprint density at radius 2 is 2.23 bits per heavy atom. The number of aryl methyl sites for hydroxylation is 1. The maximum absolute atomic E-state index is 12.4. The molecule has 0 amide bonds. The van der Waals surface area contributed by atoms with E-state index in [1.54, 1.807) is 6.20 Å². The van der Waals surface area contributed by atoms with E-state index in [9.17, 15) is 9.90 Å². The van der Waals surface area contributed by atoms with Crippen LogP contribution < -0.4 is 11.0 Å². The molecular weight excluding hydrogens is 336 g/mol. The number of azide groups is 1. The summed E-state index contributed by atoms with van der Waals surface area (Å²) in [5, 5.41) is 16.1. The predicted molar refractivity (Wildman–Crippen MR) is 95.5 cm³/mol. The van der Waals surface area contributed by atoms with E-state index in [1.807, 2.05) is 37.3 Å². The topological polar surface area (TPSA) is 125 Å². The Hall–Kier alpha value is -2.87. The summed E-state index contributed by atoms with van der Waals surface area (Å²) >= 11 is 0. The highest BCUT2D eigenvalue weighted by Gasteiger charge is 2.35. The van der Waals surface area contributed by atoms with Crippen LogP contribution in [0.15, 0.2) is 46.4 Å². The van der Waals surface area contributed by atoms with Crippen LogP contribution in [0.3, 0.4) is 0 Å². The van der Waals surface area contributed by atoms with Crippen LogP contribution in [0.4, 0.5) is 5.82 Å². The fourth-order valence-corrected chi connectivity index (χ4v) is 2.97. The van der Waals surface area contributed by atoms with E-state index >= 15 is 0 Å². The molecule has 1 aromatic heterocycles. The van der Waals surface area contributed by atoms with Crippen LogP contribution in [0.5, 0.6) is 0 Å². The van der Waals surface area contributed by atoms with E-state index in [-0.39, 0.29) is 6.61 Å². The lowest BCUT2D eigenvalue weighted by Crippen LogP contribution is -2.29. The molecule has 3 unspecified atom stereocenters. The van der Waals surface area contributed by atoms with Gasteiger partial charge in [0.25, 0.3) is 0 Å².